The van der Waals surface area contributed by atoms with Crippen LogP contribution in [0.5, 0.6) is 0 Å². The first-order valence-electron chi connectivity index (χ1n) is 6.56. The highest BCUT2D eigenvalue weighted by molar-refractivity contribution is 5.86. The van der Waals surface area contributed by atoms with Gasteiger partial charge in [0.05, 0.1) is 0 Å². The Bertz CT molecular complexity index is 739. The Hall–Kier alpha value is -2.19. The van der Waals surface area contributed by atoms with Gasteiger partial charge in [-0.15, -0.1) is 0 Å². The molecule has 0 aliphatic carbocycles. The Labute approximate surface area is 117 Å². The van der Waals surface area contributed by atoms with Crippen molar-refractivity contribution >= 4 is 10.8 Å². The minimum absolute atomic E-state index is 0.303. The van der Waals surface area contributed by atoms with E-state index >= 15 is 0 Å². The van der Waals surface area contributed by atoms with Gasteiger partial charge in [0.2, 0.25) is 0 Å². The molecule has 0 aromatic heterocycles. The van der Waals surface area contributed by atoms with E-state index in [1.54, 1.807) is 19.1 Å². The van der Waals surface area contributed by atoms with Crippen LogP contribution in [0.2, 0.25) is 0 Å². The zero-order valence-electron chi connectivity index (χ0n) is 11.2. The van der Waals surface area contributed by atoms with Gasteiger partial charge in [0.15, 0.2) is 0 Å². The van der Waals surface area contributed by atoms with Crippen molar-refractivity contribution in [3.8, 4) is 0 Å². The second kappa shape index (κ2) is 4.73. The highest BCUT2D eigenvalue weighted by Gasteiger charge is 2.27. The minimum atomic E-state index is -1.16. The SMILES string of the molecule is CC(O)(c1ccc(F)cc1)c1cccc2ccccc12. The zero-order chi connectivity index (χ0) is 14.2. The van der Waals surface area contributed by atoms with Crippen LogP contribution in [0.4, 0.5) is 4.39 Å². The average molecular weight is 266 g/mol. The molecule has 3 aromatic carbocycles. The van der Waals surface area contributed by atoms with Crippen molar-refractivity contribution < 1.29 is 9.50 Å². The van der Waals surface area contributed by atoms with Crippen LogP contribution in [-0.2, 0) is 5.60 Å². The summed E-state index contributed by atoms with van der Waals surface area (Å²) < 4.78 is 13.0. The number of benzene rings is 3. The molecule has 1 nitrogen and oxygen atoms in total. The lowest BCUT2D eigenvalue weighted by molar-refractivity contribution is 0.104. The first-order chi connectivity index (χ1) is 9.59. The number of hydrogen-bond acceptors (Lipinski definition) is 1. The molecule has 1 atom stereocenters. The summed E-state index contributed by atoms with van der Waals surface area (Å²) in [5.74, 6) is -0.303. The summed E-state index contributed by atoms with van der Waals surface area (Å²) in [6.45, 7) is 1.74. The van der Waals surface area contributed by atoms with Crippen LogP contribution in [0.25, 0.3) is 10.8 Å². The Morgan fingerprint density at radius 2 is 1.50 bits per heavy atom. The predicted octanol–water partition coefficient (Wildman–Crippen LogP) is 4.23. The van der Waals surface area contributed by atoms with Gasteiger partial charge in [-0.2, -0.15) is 0 Å². The molecule has 2 heteroatoms. The molecular weight excluding hydrogens is 251 g/mol. The molecule has 1 unspecified atom stereocenters. The summed E-state index contributed by atoms with van der Waals surface area (Å²) >= 11 is 0. The maximum absolute atomic E-state index is 13.0. The number of halogens is 1. The maximum atomic E-state index is 13.0. The largest absolute Gasteiger partial charge is 0.381 e. The molecule has 1 N–H and O–H groups in total. The minimum Gasteiger partial charge on any atom is -0.381 e. The van der Waals surface area contributed by atoms with Crippen LogP contribution < -0.4 is 0 Å². The lowest BCUT2D eigenvalue weighted by Crippen LogP contribution is -2.23. The second-order valence-corrected chi connectivity index (χ2v) is 5.11. The molecule has 0 aliphatic rings. The summed E-state index contributed by atoms with van der Waals surface area (Å²) in [6.07, 6.45) is 0. The van der Waals surface area contributed by atoms with Gasteiger partial charge in [0.1, 0.15) is 11.4 Å². The van der Waals surface area contributed by atoms with Crippen molar-refractivity contribution in [3.05, 3.63) is 83.7 Å². The lowest BCUT2D eigenvalue weighted by atomic mass is 9.85. The van der Waals surface area contributed by atoms with Gasteiger partial charge < -0.3 is 5.11 Å². The van der Waals surface area contributed by atoms with Gasteiger partial charge in [0.25, 0.3) is 0 Å². The molecule has 0 heterocycles. The number of aliphatic hydroxyl groups is 1. The van der Waals surface area contributed by atoms with E-state index in [2.05, 4.69) is 0 Å². The van der Waals surface area contributed by atoms with Gasteiger partial charge in [-0.05, 0) is 41.0 Å². The molecule has 0 spiro atoms. The highest BCUT2D eigenvalue weighted by Crippen LogP contribution is 2.34. The van der Waals surface area contributed by atoms with Crippen molar-refractivity contribution in [1.82, 2.24) is 0 Å². The van der Waals surface area contributed by atoms with E-state index in [-0.39, 0.29) is 5.82 Å². The second-order valence-electron chi connectivity index (χ2n) is 5.11. The van der Waals surface area contributed by atoms with Gasteiger partial charge in [-0.3, -0.25) is 0 Å². The Balaban J connectivity index is 2.20. The van der Waals surface area contributed by atoms with E-state index in [9.17, 15) is 9.50 Å². The van der Waals surface area contributed by atoms with Gasteiger partial charge in [-0.25, -0.2) is 4.39 Å². The third-order valence-corrected chi connectivity index (χ3v) is 3.72. The standard InChI is InChI=1S/C18H15FO/c1-18(20,14-9-11-15(19)12-10-14)17-8-4-6-13-5-2-3-7-16(13)17/h2-12,20H,1H3. The van der Waals surface area contributed by atoms with Crippen LogP contribution in [0.3, 0.4) is 0 Å². The number of hydrogen-bond donors (Lipinski definition) is 1. The fourth-order valence-electron chi connectivity index (χ4n) is 2.58. The molecule has 100 valence electrons. The van der Waals surface area contributed by atoms with Crippen LogP contribution in [0.1, 0.15) is 18.1 Å². The molecule has 0 bridgehead atoms. The topological polar surface area (TPSA) is 20.2 Å². The quantitative estimate of drug-likeness (QED) is 0.735. The molecule has 0 amide bonds. The first kappa shape index (κ1) is 12.8. The van der Waals surface area contributed by atoms with Crippen LogP contribution >= 0.6 is 0 Å². The predicted molar refractivity (Wildman–Crippen MR) is 79.0 cm³/mol. The van der Waals surface area contributed by atoms with E-state index in [4.69, 9.17) is 0 Å². The maximum Gasteiger partial charge on any atom is 0.123 e. The number of fused-ring (bicyclic) bond motifs is 1. The summed E-state index contributed by atoms with van der Waals surface area (Å²) in [7, 11) is 0. The van der Waals surface area contributed by atoms with Crippen molar-refractivity contribution in [2.75, 3.05) is 0 Å². The molecule has 20 heavy (non-hydrogen) atoms. The fourth-order valence-corrected chi connectivity index (χ4v) is 2.58. The molecule has 0 aliphatic heterocycles. The molecule has 0 saturated carbocycles. The Kier molecular flexibility index (Phi) is 3.03. The molecule has 0 fully saturated rings. The molecule has 0 radical (unpaired) electrons. The van der Waals surface area contributed by atoms with E-state index < -0.39 is 5.60 Å². The molecular formula is C18H15FO. The first-order valence-corrected chi connectivity index (χ1v) is 6.56. The molecule has 3 rings (SSSR count). The number of rotatable bonds is 2. The normalized spacial score (nSPS) is 14.2. The van der Waals surface area contributed by atoms with E-state index in [1.807, 2.05) is 42.5 Å². The van der Waals surface area contributed by atoms with Crippen molar-refractivity contribution in [1.29, 1.82) is 0 Å². The smallest absolute Gasteiger partial charge is 0.123 e. The van der Waals surface area contributed by atoms with E-state index in [0.29, 0.717) is 5.56 Å². The van der Waals surface area contributed by atoms with E-state index in [1.165, 1.54) is 12.1 Å². The monoisotopic (exact) mass is 266 g/mol. The third kappa shape index (κ3) is 2.08. The van der Waals surface area contributed by atoms with E-state index in [0.717, 1.165) is 16.3 Å². The molecule has 3 aromatic rings. The van der Waals surface area contributed by atoms with Gasteiger partial charge in [-0.1, -0.05) is 54.6 Å². The van der Waals surface area contributed by atoms with Crippen molar-refractivity contribution in [3.63, 3.8) is 0 Å². The lowest BCUT2D eigenvalue weighted by Gasteiger charge is -2.26. The van der Waals surface area contributed by atoms with Crippen molar-refractivity contribution in [2.45, 2.75) is 12.5 Å². The summed E-state index contributed by atoms with van der Waals surface area (Å²) in [5, 5.41) is 13.0. The highest BCUT2D eigenvalue weighted by atomic mass is 19.1. The summed E-state index contributed by atoms with van der Waals surface area (Å²) in [4.78, 5) is 0. The Morgan fingerprint density at radius 3 is 2.25 bits per heavy atom. The summed E-state index contributed by atoms with van der Waals surface area (Å²) in [5.41, 5.74) is 0.339. The third-order valence-electron chi connectivity index (χ3n) is 3.72. The average Bonchev–Trinajstić information content (AvgIpc) is 2.47. The summed E-state index contributed by atoms with van der Waals surface area (Å²) in [6, 6.07) is 19.8. The van der Waals surface area contributed by atoms with Crippen LogP contribution in [-0.4, -0.2) is 5.11 Å². The fraction of sp³-hybridized carbons (Fsp3) is 0.111. The van der Waals surface area contributed by atoms with Crippen LogP contribution in [0.15, 0.2) is 66.7 Å². The Morgan fingerprint density at radius 1 is 0.850 bits per heavy atom. The zero-order valence-corrected chi connectivity index (χ0v) is 11.2. The van der Waals surface area contributed by atoms with Gasteiger partial charge >= 0.3 is 0 Å². The molecule has 0 saturated heterocycles. The van der Waals surface area contributed by atoms with Gasteiger partial charge in [0, 0.05) is 0 Å². The van der Waals surface area contributed by atoms with Crippen molar-refractivity contribution in [2.24, 2.45) is 0 Å². The van der Waals surface area contributed by atoms with Crippen LogP contribution in [0, 0.1) is 5.82 Å².